The summed E-state index contributed by atoms with van der Waals surface area (Å²) in [5.41, 5.74) is -0.0553. The number of methoxy groups -OCH3 is 1. The topological polar surface area (TPSA) is 75.6 Å². The zero-order valence-corrected chi connectivity index (χ0v) is 12.5. The molecule has 0 spiro atoms. The highest BCUT2D eigenvalue weighted by molar-refractivity contribution is 5.91. The fourth-order valence-corrected chi connectivity index (χ4v) is 3.03. The van der Waals surface area contributed by atoms with Crippen LogP contribution in [0.5, 0.6) is 0 Å². The molecule has 0 heterocycles. The van der Waals surface area contributed by atoms with Crippen molar-refractivity contribution in [2.24, 2.45) is 0 Å². The van der Waals surface area contributed by atoms with Crippen molar-refractivity contribution in [3.63, 3.8) is 0 Å². The van der Waals surface area contributed by atoms with E-state index in [-0.39, 0.29) is 18.3 Å². The van der Waals surface area contributed by atoms with E-state index in [1.54, 1.807) is 12.1 Å². The zero-order valence-electron chi connectivity index (χ0n) is 12.5. The molecule has 1 aromatic carbocycles. The number of nitrogens with one attached hydrogen (secondary N) is 1. The van der Waals surface area contributed by atoms with E-state index in [9.17, 15) is 14.0 Å². The predicted octanol–water partition coefficient (Wildman–Crippen LogP) is 1.85. The van der Waals surface area contributed by atoms with Gasteiger partial charge in [0, 0.05) is 7.11 Å². The lowest BCUT2D eigenvalue weighted by molar-refractivity contribution is -0.144. The van der Waals surface area contributed by atoms with Gasteiger partial charge in [0.15, 0.2) is 6.04 Å². The molecule has 0 aliphatic heterocycles. The Hall–Kier alpha value is -1.95. The molecule has 1 fully saturated rings. The molecular weight excluding hydrogens is 289 g/mol. The second-order valence-corrected chi connectivity index (χ2v) is 5.62. The van der Waals surface area contributed by atoms with Gasteiger partial charge < -0.3 is 15.2 Å². The lowest BCUT2D eigenvalue weighted by atomic mass is 9.78. The van der Waals surface area contributed by atoms with E-state index >= 15 is 0 Å². The van der Waals surface area contributed by atoms with E-state index in [2.05, 4.69) is 5.32 Å². The van der Waals surface area contributed by atoms with Crippen molar-refractivity contribution in [3.8, 4) is 0 Å². The van der Waals surface area contributed by atoms with E-state index in [0.717, 1.165) is 18.4 Å². The van der Waals surface area contributed by atoms with Crippen molar-refractivity contribution in [2.75, 3.05) is 13.7 Å². The molecule has 1 aliphatic carbocycles. The minimum atomic E-state index is -1.14. The van der Waals surface area contributed by atoms with Gasteiger partial charge in [-0.25, -0.2) is 9.18 Å². The average Bonchev–Trinajstić information content (AvgIpc) is 2.98. The van der Waals surface area contributed by atoms with Crippen molar-refractivity contribution in [3.05, 3.63) is 35.6 Å². The summed E-state index contributed by atoms with van der Waals surface area (Å²) in [5, 5.41) is 11.7. The monoisotopic (exact) mass is 309 g/mol. The molecule has 1 amide bonds. The second-order valence-electron chi connectivity index (χ2n) is 5.62. The number of rotatable bonds is 6. The molecule has 1 saturated carbocycles. The van der Waals surface area contributed by atoms with Crippen LogP contribution in [0.1, 0.15) is 31.2 Å². The summed E-state index contributed by atoms with van der Waals surface area (Å²) in [6, 6.07) is 4.77. The normalized spacial score (nSPS) is 17.9. The van der Waals surface area contributed by atoms with Crippen molar-refractivity contribution >= 4 is 11.9 Å². The van der Waals surface area contributed by atoms with Crippen LogP contribution in [-0.2, 0) is 19.7 Å². The number of aliphatic carboxylic acids is 1. The van der Waals surface area contributed by atoms with Crippen LogP contribution in [0.3, 0.4) is 0 Å². The Bertz CT molecular complexity index is 538. The Morgan fingerprint density at radius 1 is 1.32 bits per heavy atom. The van der Waals surface area contributed by atoms with Crippen molar-refractivity contribution < 1.29 is 23.8 Å². The lowest BCUT2D eigenvalue weighted by Crippen LogP contribution is -2.51. The third-order valence-corrected chi connectivity index (χ3v) is 4.23. The summed E-state index contributed by atoms with van der Waals surface area (Å²) in [7, 11) is 1.38. The minimum Gasteiger partial charge on any atom is -0.480 e. The molecule has 120 valence electrons. The molecule has 1 aromatic rings. The molecule has 1 unspecified atom stereocenters. The number of amides is 1. The number of carbonyl (C=O) groups is 2. The quantitative estimate of drug-likeness (QED) is 0.841. The highest BCUT2D eigenvalue weighted by Gasteiger charge is 2.43. The van der Waals surface area contributed by atoms with Gasteiger partial charge in [0.05, 0.1) is 12.0 Å². The van der Waals surface area contributed by atoms with Crippen LogP contribution in [0.15, 0.2) is 24.3 Å². The Morgan fingerprint density at radius 3 is 2.41 bits per heavy atom. The van der Waals surface area contributed by atoms with Crippen LogP contribution in [0.25, 0.3) is 0 Å². The Labute approximate surface area is 128 Å². The maximum atomic E-state index is 13.1. The SMILES string of the molecule is COCC(NC(=O)C1(c2ccc(F)cc2)CCCC1)C(=O)O. The van der Waals surface area contributed by atoms with Crippen LogP contribution < -0.4 is 5.32 Å². The van der Waals surface area contributed by atoms with Crippen LogP contribution in [0.4, 0.5) is 4.39 Å². The van der Waals surface area contributed by atoms with Gasteiger partial charge in [0.1, 0.15) is 5.82 Å². The number of carboxylic acids is 1. The van der Waals surface area contributed by atoms with Crippen LogP contribution in [0, 0.1) is 5.82 Å². The minimum absolute atomic E-state index is 0.0967. The molecule has 0 aromatic heterocycles. The summed E-state index contributed by atoms with van der Waals surface area (Å²) < 4.78 is 18.0. The summed E-state index contributed by atoms with van der Waals surface area (Å²) >= 11 is 0. The number of carboxylic acid groups (broad SMARTS) is 1. The summed E-state index contributed by atoms with van der Waals surface area (Å²) in [5.74, 6) is -1.83. The summed E-state index contributed by atoms with van der Waals surface area (Å²) in [6.45, 7) is -0.0967. The third-order valence-electron chi connectivity index (χ3n) is 4.23. The second kappa shape index (κ2) is 6.87. The molecule has 1 atom stereocenters. The molecule has 2 rings (SSSR count). The van der Waals surface area contributed by atoms with Gasteiger partial charge in [-0.3, -0.25) is 4.79 Å². The molecule has 2 N–H and O–H groups in total. The number of carbonyl (C=O) groups excluding carboxylic acids is 1. The summed E-state index contributed by atoms with van der Waals surface area (Å²) in [4.78, 5) is 23.9. The maximum absolute atomic E-state index is 13.1. The standard InChI is InChI=1S/C16H20FNO4/c1-22-10-13(14(19)20)18-15(21)16(8-2-3-9-16)11-4-6-12(17)7-5-11/h4-7,13H,2-3,8-10H2,1H3,(H,18,21)(H,19,20). The molecule has 6 heteroatoms. The first-order valence-electron chi connectivity index (χ1n) is 7.28. The van der Waals surface area contributed by atoms with Gasteiger partial charge in [-0.05, 0) is 30.5 Å². The number of ether oxygens (including phenoxy) is 1. The maximum Gasteiger partial charge on any atom is 0.328 e. The van der Waals surface area contributed by atoms with Crippen LogP contribution in [-0.4, -0.2) is 36.7 Å². The van der Waals surface area contributed by atoms with Gasteiger partial charge in [-0.15, -0.1) is 0 Å². The average molecular weight is 309 g/mol. The van der Waals surface area contributed by atoms with Crippen molar-refractivity contribution in [1.29, 1.82) is 0 Å². The third kappa shape index (κ3) is 3.27. The largest absolute Gasteiger partial charge is 0.480 e. The molecule has 0 saturated heterocycles. The number of hydrogen-bond donors (Lipinski definition) is 2. The Kier molecular flexibility index (Phi) is 5.13. The number of hydrogen-bond acceptors (Lipinski definition) is 3. The van der Waals surface area contributed by atoms with Gasteiger partial charge in [0.2, 0.25) is 5.91 Å². The fraction of sp³-hybridized carbons (Fsp3) is 0.500. The van der Waals surface area contributed by atoms with E-state index in [4.69, 9.17) is 9.84 Å². The van der Waals surface area contributed by atoms with Crippen LogP contribution >= 0.6 is 0 Å². The smallest absolute Gasteiger partial charge is 0.328 e. The number of benzene rings is 1. The molecule has 0 radical (unpaired) electrons. The molecular formula is C16H20FNO4. The van der Waals surface area contributed by atoms with E-state index in [1.165, 1.54) is 19.2 Å². The van der Waals surface area contributed by atoms with E-state index < -0.39 is 17.4 Å². The van der Waals surface area contributed by atoms with Gasteiger partial charge in [-0.2, -0.15) is 0 Å². The van der Waals surface area contributed by atoms with E-state index in [1.807, 2.05) is 0 Å². The van der Waals surface area contributed by atoms with Crippen LogP contribution in [0.2, 0.25) is 0 Å². The first-order valence-corrected chi connectivity index (χ1v) is 7.28. The molecule has 1 aliphatic rings. The number of halogens is 1. The highest BCUT2D eigenvalue weighted by atomic mass is 19.1. The first-order chi connectivity index (χ1) is 10.5. The van der Waals surface area contributed by atoms with Gasteiger partial charge in [-0.1, -0.05) is 25.0 Å². The molecule has 22 heavy (non-hydrogen) atoms. The Balaban J connectivity index is 2.25. The molecule has 0 bridgehead atoms. The molecule has 5 nitrogen and oxygen atoms in total. The predicted molar refractivity (Wildman–Crippen MR) is 78.0 cm³/mol. The highest BCUT2D eigenvalue weighted by Crippen LogP contribution is 2.41. The summed E-state index contributed by atoms with van der Waals surface area (Å²) in [6.07, 6.45) is 3.02. The first kappa shape index (κ1) is 16.4. The van der Waals surface area contributed by atoms with Gasteiger partial charge in [0.25, 0.3) is 0 Å². The van der Waals surface area contributed by atoms with Crippen molar-refractivity contribution in [1.82, 2.24) is 5.32 Å². The lowest BCUT2D eigenvalue weighted by Gasteiger charge is -2.29. The van der Waals surface area contributed by atoms with Crippen molar-refractivity contribution in [2.45, 2.75) is 37.1 Å². The fourth-order valence-electron chi connectivity index (χ4n) is 3.03. The zero-order chi connectivity index (χ0) is 16.2. The Morgan fingerprint density at radius 2 is 1.91 bits per heavy atom. The van der Waals surface area contributed by atoms with Gasteiger partial charge >= 0.3 is 5.97 Å². The van der Waals surface area contributed by atoms with E-state index in [0.29, 0.717) is 12.8 Å².